The Hall–Kier alpha value is -0.170. The van der Waals surface area contributed by atoms with E-state index in [1.54, 1.807) is 0 Å². The zero-order chi connectivity index (χ0) is 7.61. The van der Waals surface area contributed by atoms with Crippen LogP contribution in [0.15, 0.2) is 23.6 Å². The summed E-state index contributed by atoms with van der Waals surface area (Å²) < 4.78 is 0.460. The molecule has 0 aromatic heterocycles. The van der Waals surface area contributed by atoms with Crippen LogP contribution in [0.2, 0.25) is 0 Å². The lowest BCUT2D eigenvalue weighted by Crippen LogP contribution is -2.28. The highest BCUT2D eigenvalue weighted by molar-refractivity contribution is 8.01. The zero-order valence-electron chi connectivity index (χ0n) is 6.92. The third-order valence-corrected chi connectivity index (χ3v) is 4.16. The maximum Gasteiger partial charge on any atom is 0.132 e. The highest BCUT2D eigenvalue weighted by Gasteiger charge is 2.31. The van der Waals surface area contributed by atoms with Crippen molar-refractivity contribution in [3.05, 3.63) is 23.6 Å². The molecule has 0 aromatic rings. The molecule has 0 radical (unpaired) electrons. The Morgan fingerprint density at radius 2 is 1.90 bits per heavy atom. The Morgan fingerprint density at radius 1 is 1.20 bits per heavy atom. The number of hydrogen-bond donors (Lipinski definition) is 0. The molecule has 0 amide bonds. The molecule has 0 spiro atoms. The van der Waals surface area contributed by atoms with Gasteiger partial charge in [0.25, 0.3) is 0 Å². The first kappa shape index (κ1) is 7.93. The van der Waals surface area contributed by atoms with Crippen molar-refractivity contribution in [2.75, 3.05) is 5.75 Å². The van der Waals surface area contributed by atoms with E-state index >= 15 is 0 Å². The van der Waals surface area contributed by atoms with E-state index in [-0.39, 0.29) is 0 Å². The number of hydrogen-bond acceptors (Lipinski definition) is 0. The SMILES string of the molecule is CC(C)(C)[S+]1C=CC=CC1. The van der Waals surface area contributed by atoms with Crippen LogP contribution in [-0.4, -0.2) is 10.5 Å². The summed E-state index contributed by atoms with van der Waals surface area (Å²) in [5, 5.41) is 2.33. The normalized spacial score (nSPS) is 25.3. The van der Waals surface area contributed by atoms with E-state index < -0.39 is 0 Å². The minimum Gasteiger partial charge on any atom is -0.0573 e. The van der Waals surface area contributed by atoms with E-state index in [1.807, 2.05) is 0 Å². The molecule has 1 heteroatoms. The Balaban J connectivity index is 2.60. The second-order valence-electron chi connectivity index (χ2n) is 3.46. The Bertz CT molecular complexity index is 160. The predicted octanol–water partition coefficient (Wildman–Crippen LogP) is 2.49. The third-order valence-electron chi connectivity index (χ3n) is 1.55. The van der Waals surface area contributed by atoms with Crippen molar-refractivity contribution in [2.45, 2.75) is 25.5 Å². The molecule has 1 rings (SSSR count). The van der Waals surface area contributed by atoms with Crippen LogP contribution in [0, 0.1) is 0 Å². The van der Waals surface area contributed by atoms with Gasteiger partial charge in [0.2, 0.25) is 0 Å². The van der Waals surface area contributed by atoms with Crippen molar-refractivity contribution in [1.29, 1.82) is 0 Å². The Kier molecular flexibility index (Phi) is 2.24. The Labute approximate surface area is 66.4 Å². The third kappa shape index (κ3) is 1.91. The molecule has 0 saturated carbocycles. The fourth-order valence-corrected chi connectivity index (χ4v) is 2.51. The van der Waals surface area contributed by atoms with Crippen LogP contribution in [0.3, 0.4) is 0 Å². The molecule has 0 bridgehead atoms. The van der Waals surface area contributed by atoms with Gasteiger partial charge in [-0.05, 0) is 32.9 Å². The van der Waals surface area contributed by atoms with E-state index in [4.69, 9.17) is 0 Å². The maximum atomic E-state index is 2.33. The highest BCUT2D eigenvalue weighted by atomic mass is 32.2. The quantitative estimate of drug-likeness (QED) is 0.471. The van der Waals surface area contributed by atoms with E-state index in [9.17, 15) is 0 Å². The van der Waals surface area contributed by atoms with E-state index in [0.717, 1.165) is 0 Å². The lowest BCUT2D eigenvalue weighted by atomic mass is 10.3. The zero-order valence-corrected chi connectivity index (χ0v) is 7.74. The van der Waals surface area contributed by atoms with Gasteiger partial charge in [-0.3, -0.25) is 0 Å². The van der Waals surface area contributed by atoms with Crippen molar-refractivity contribution in [3.63, 3.8) is 0 Å². The van der Waals surface area contributed by atoms with Gasteiger partial charge in [0.05, 0.1) is 0 Å². The molecule has 0 aliphatic carbocycles. The van der Waals surface area contributed by atoms with Gasteiger partial charge < -0.3 is 0 Å². The fraction of sp³-hybridized carbons (Fsp3) is 0.556. The summed E-state index contributed by atoms with van der Waals surface area (Å²) in [7, 11) is 0.471. The lowest BCUT2D eigenvalue weighted by Gasteiger charge is -2.18. The monoisotopic (exact) mass is 155 g/mol. The van der Waals surface area contributed by atoms with Gasteiger partial charge in [-0.25, -0.2) is 0 Å². The summed E-state index contributed by atoms with van der Waals surface area (Å²) in [5.74, 6) is 1.24. The second kappa shape index (κ2) is 2.83. The van der Waals surface area contributed by atoms with Crippen molar-refractivity contribution in [2.24, 2.45) is 0 Å². The first-order valence-electron chi connectivity index (χ1n) is 3.64. The summed E-state index contributed by atoms with van der Waals surface area (Å²) in [5.41, 5.74) is 0. The van der Waals surface area contributed by atoms with Crippen LogP contribution >= 0.6 is 0 Å². The first-order valence-corrected chi connectivity index (χ1v) is 5.09. The topological polar surface area (TPSA) is 0 Å². The van der Waals surface area contributed by atoms with Crippen LogP contribution in [0.1, 0.15) is 20.8 Å². The van der Waals surface area contributed by atoms with Crippen LogP contribution < -0.4 is 0 Å². The van der Waals surface area contributed by atoms with Gasteiger partial charge in [-0.1, -0.05) is 6.08 Å². The minimum absolute atomic E-state index is 0.460. The van der Waals surface area contributed by atoms with Crippen molar-refractivity contribution < 1.29 is 0 Å². The average molecular weight is 155 g/mol. The molecule has 0 N–H and O–H groups in total. The van der Waals surface area contributed by atoms with Gasteiger partial charge in [-0.15, -0.1) is 0 Å². The van der Waals surface area contributed by atoms with E-state index in [0.29, 0.717) is 15.6 Å². The summed E-state index contributed by atoms with van der Waals surface area (Å²) in [4.78, 5) is 0. The van der Waals surface area contributed by atoms with Gasteiger partial charge in [-0.2, -0.15) is 0 Å². The summed E-state index contributed by atoms with van der Waals surface area (Å²) in [6, 6.07) is 0. The molecule has 1 heterocycles. The van der Waals surface area contributed by atoms with Crippen LogP contribution in [0.4, 0.5) is 0 Å². The largest absolute Gasteiger partial charge is 0.132 e. The van der Waals surface area contributed by atoms with Crippen molar-refractivity contribution >= 4 is 10.9 Å². The number of rotatable bonds is 0. The van der Waals surface area contributed by atoms with Gasteiger partial charge in [0.1, 0.15) is 15.9 Å². The molecule has 0 fully saturated rings. The van der Waals surface area contributed by atoms with Gasteiger partial charge in [0.15, 0.2) is 0 Å². The molecule has 1 aliphatic heterocycles. The molecule has 0 nitrogen and oxygen atoms in total. The van der Waals surface area contributed by atoms with Crippen molar-refractivity contribution in [3.8, 4) is 0 Å². The molecule has 1 atom stereocenters. The molecule has 1 unspecified atom stereocenters. The predicted molar refractivity (Wildman–Crippen MR) is 50.3 cm³/mol. The lowest BCUT2D eigenvalue weighted by molar-refractivity contribution is 0.795. The van der Waals surface area contributed by atoms with Crippen LogP contribution in [0.5, 0.6) is 0 Å². The first-order chi connectivity index (χ1) is 4.61. The molecule has 1 aliphatic rings. The molecule has 10 heavy (non-hydrogen) atoms. The standard InChI is InChI=1S/C9H15S/c1-9(2,3)10-7-5-4-6-8-10/h4-7H,8H2,1-3H3/q+1. The summed E-state index contributed by atoms with van der Waals surface area (Å²) >= 11 is 0. The second-order valence-corrected chi connectivity index (χ2v) is 6.15. The molecule has 0 aromatic carbocycles. The molecular weight excluding hydrogens is 140 g/mol. The van der Waals surface area contributed by atoms with Crippen LogP contribution in [0.25, 0.3) is 0 Å². The smallest absolute Gasteiger partial charge is 0.0573 e. The summed E-state index contributed by atoms with van der Waals surface area (Å²) in [6.07, 6.45) is 6.56. The highest BCUT2D eigenvalue weighted by Crippen LogP contribution is 2.22. The molecule has 0 saturated heterocycles. The van der Waals surface area contributed by atoms with Gasteiger partial charge >= 0.3 is 0 Å². The summed E-state index contributed by atoms with van der Waals surface area (Å²) in [6.45, 7) is 6.92. The van der Waals surface area contributed by atoms with E-state index in [1.165, 1.54) is 5.75 Å². The van der Waals surface area contributed by atoms with E-state index in [2.05, 4.69) is 44.4 Å². The molecular formula is C9H15S+. The average Bonchev–Trinajstić information content (AvgIpc) is 1.88. The minimum atomic E-state index is 0.460. The maximum absolute atomic E-state index is 2.33. The van der Waals surface area contributed by atoms with Gasteiger partial charge in [0, 0.05) is 10.9 Å². The Morgan fingerprint density at radius 3 is 2.20 bits per heavy atom. The molecule has 56 valence electrons. The van der Waals surface area contributed by atoms with Crippen LogP contribution in [-0.2, 0) is 10.9 Å². The van der Waals surface area contributed by atoms with Crippen molar-refractivity contribution in [1.82, 2.24) is 0 Å². The fourth-order valence-electron chi connectivity index (χ4n) is 0.888. The number of allylic oxidation sites excluding steroid dienone is 2.